The van der Waals surface area contributed by atoms with Crippen LogP contribution in [0.5, 0.6) is 5.75 Å². The fourth-order valence-electron chi connectivity index (χ4n) is 3.00. The highest BCUT2D eigenvalue weighted by molar-refractivity contribution is 5.66. The van der Waals surface area contributed by atoms with Crippen molar-refractivity contribution in [2.75, 3.05) is 0 Å². The molecule has 2 aromatic carbocycles. The number of hydrogen-bond donors (Lipinski definition) is 0. The number of alkyl halides is 3. The predicted octanol–water partition coefficient (Wildman–Crippen LogP) is 5.44. The van der Waals surface area contributed by atoms with Crippen LogP contribution in [-0.2, 0) is 6.54 Å². The summed E-state index contributed by atoms with van der Waals surface area (Å²) in [6.07, 6.45) is -1.17. The van der Waals surface area contributed by atoms with Crippen LogP contribution >= 0.6 is 0 Å². The average Bonchev–Trinajstić information content (AvgIpc) is 3.07. The van der Waals surface area contributed by atoms with Crippen molar-refractivity contribution in [2.45, 2.75) is 19.8 Å². The largest absolute Gasteiger partial charge is 0.573 e. The van der Waals surface area contributed by atoms with Gasteiger partial charge in [0.25, 0.3) is 0 Å². The summed E-state index contributed by atoms with van der Waals surface area (Å²) in [5.74, 6) is -0.308. The molecule has 0 bridgehead atoms. The predicted molar refractivity (Wildman–Crippen MR) is 99.0 cm³/mol. The SMILES string of the molecule is Cc1cccc(-c2nc3ccn(Cc4ccc(OC(F)(F)F)cc4)cc-3n2)c1F. The number of hydrogen-bond acceptors (Lipinski definition) is 3. The van der Waals surface area contributed by atoms with Gasteiger partial charge in [-0.05, 0) is 42.3 Å². The number of benzene rings is 2. The summed E-state index contributed by atoms with van der Waals surface area (Å²) in [6, 6.07) is 12.5. The number of imidazole rings is 1. The minimum absolute atomic E-state index is 0.270. The molecular weight excluding hydrogens is 386 g/mol. The molecule has 148 valence electrons. The monoisotopic (exact) mass is 401 g/mol. The van der Waals surface area contributed by atoms with E-state index in [0.717, 1.165) is 5.56 Å². The minimum atomic E-state index is -4.72. The van der Waals surface area contributed by atoms with Crippen LogP contribution < -0.4 is 4.74 Å². The zero-order chi connectivity index (χ0) is 20.6. The summed E-state index contributed by atoms with van der Waals surface area (Å²) in [5, 5.41) is 0. The van der Waals surface area contributed by atoms with E-state index in [1.54, 1.807) is 55.7 Å². The number of rotatable bonds is 4. The molecule has 2 aromatic rings. The van der Waals surface area contributed by atoms with Crippen LogP contribution in [0.4, 0.5) is 17.6 Å². The van der Waals surface area contributed by atoms with Crippen LogP contribution in [0.3, 0.4) is 0 Å². The number of ether oxygens (including phenoxy) is 1. The van der Waals surface area contributed by atoms with E-state index in [-0.39, 0.29) is 11.6 Å². The molecule has 0 spiro atoms. The maximum atomic E-state index is 14.4. The van der Waals surface area contributed by atoms with Gasteiger partial charge >= 0.3 is 6.36 Å². The first-order chi connectivity index (χ1) is 13.8. The summed E-state index contributed by atoms with van der Waals surface area (Å²) in [4.78, 5) is 8.82. The van der Waals surface area contributed by atoms with Gasteiger partial charge in [-0.2, -0.15) is 0 Å². The Morgan fingerprint density at radius 2 is 1.69 bits per heavy atom. The van der Waals surface area contributed by atoms with Gasteiger partial charge in [-0.3, -0.25) is 0 Å². The highest BCUT2D eigenvalue weighted by Crippen LogP contribution is 2.28. The number of halogens is 4. The molecule has 0 amide bonds. The second-order valence-electron chi connectivity index (χ2n) is 6.56. The summed E-state index contributed by atoms with van der Waals surface area (Å²) in [7, 11) is 0. The van der Waals surface area contributed by atoms with E-state index < -0.39 is 6.36 Å². The third-order valence-electron chi connectivity index (χ3n) is 4.38. The first kappa shape index (κ1) is 18.9. The zero-order valence-corrected chi connectivity index (χ0v) is 15.2. The lowest BCUT2D eigenvalue weighted by molar-refractivity contribution is -0.274. The molecule has 4 nitrogen and oxygen atoms in total. The van der Waals surface area contributed by atoms with Crippen molar-refractivity contribution in [2.24, 2.45) is 0 Å². The van der Waals surface area contributed by atoms with Gasteiger partial charge in [-0.25, -0.2) is 14.4 Å². The van der Waals surface area contributed by atoms with E-state index in [0.29, 0.717) is 34.9 Å². The van der Waals surface area contributed by atoms with Gasteiger partial charge in [0.1, 0.15) is 17.3 Å². The quantitative estimate of drug-likeness (QED) is 0.427. The molecule has 0 saturated carbocycles. The molecule has 2 aliphatic heterocycles. The lowest BCUT2D eigenvalue weighted by Crippen LogP contribution is -2.17. The Morgan fingerprint density at radius 1 is 0.966 bits per heavy atom. The van der Waals surface area contributed by atoms with Crippen molar-refractivity contribution in [3.63, 3.8) is 0 Å². The molecule has 8 heteroatoms. The molecule has 0 aromatic heterocycles. The van der Waals surface area contributed by atoms with Gasteiger partial charge in [0.05, 0.1) is 11.3 Å². The Bertz CT molecular complexity index is 1120. The van der Waals surface area contributed by atoms with Crippen LogP contribution in [0.2, 0.25) is 0 Å². The van der Waals surface area contributed by atoms with E-state index >= 15 is 0 Å². The summed E-state index contributed by atoms with van der Waals surface area (Å²) in [6.45, 7) is 2.10. The molecule has 0 N–H and O–H groups in total. The van der Waals surface area contributed by atoms with Crippen molar-refractivity contribution in [3.8, 4) is 28.5 Å². The molecule has 0 aliphatic carbocycles. The smallest absolute Gasteiger partial charge is 0.406 e. The minimum Gasteiger partial charge on any atom is -0.406 e. The van der Waals surface area contributed by atoms with Gasteiger partial charge < -0.3 is 9.30 Å². The number of nitrogens with zero attached hydrogens (tertiary/aromatic N) is 3. The van der Waals surface area contributed by atoms with E-state index in [1.165, 1.54) is 12.1 Å². The molecule has 2 heterocycles. The van der Waals surface area contributed by atoms with Crippen LogP contribution in [0.1, 0.15) is 11.1 Å². The van der Waals surface area contributed by atoms with E-state index in [2.05, 4.69) is 14.7 Å². The van der Waals surface area contributed by atoms with Gasteiger partial charge in [0.2, 0.25) is 0 Å². The number of fused-ring (bicyclic) bond motifs is 1. The lowest BCUT2D eigenvalue weighted by atomic mass is 10.1. The maximum Gasteiger partial charge on any atom is 0.573 e. The first-order valence-electron chi connectivity index (χ1n) is 8.72. The molecule has 0 radical (unpaired) electrons. The van der Waals surface area contributed by atoms with Crippen molar-refractivity contribution in [1.82, 2.24) is 14.5 Å². The first-order valence-corrected chi connectivity index (χ1v) is 8.72. The second-order valence-corrected chi connectivity index (χ2v) is 6.56. The normalized spacial score (nSPS) is 11.8. The van der Waals surface area contributed by atoms with Gasteiger partial charge in [-0.1, -0.05) is 24.3 Å². The summed E-state index contributed by atoms with van der Waals surface area (Å²) >= 11 is 0. The number of aromatic nitrogens is 3. The van der Waals surface area contributed by atoms with Gasteiger partial charge in [-0.15, -0.1) is 13.2 Å². The molecule has 29 heavy (non-hydrogen) atoms. The van der Waals surface area contributed by atoms with Crippen LogP contribution in [0.15, 0.2) is 60.9 Å². The Hall–Kier alpha value is -3.42. The fourth-order valence-corrected chi connectivity index (χ4v) is 3.00. The van der Waals surface area contributed by atoms with E-state index in [9.17, 15) is 17.6 Å². The Morgan fingerprint density at radius 3 is 2.41 bits per heavy atom. The van der Waals surface area contributed by atoms with Crippen molar-refractivity contribution in [3.05, 3.63) is 77.9 Å². The lowest BCUT2D eigenvalue weighted by Gasteiger charge is -2.11. The summed E-state index contributed by atoms with van der Waals surface area (Å²) in [5.41, 5.74) is 2.87. The topological polar surface area (TPSA) is 39.9 Å². The van der Waals surface area contributed by atoms with Crippen LogP contribution in [0, 0.1) is 12.7 Å². The Kier molecular flexibility index (Phi) is 4.70. The van der Waals surface area contributed by atoms with Crippen LogP contribution in [-0.4, -0.2) is 20.9 Å². The average molecular weight is 401 g/mol. The van der Waals surface area contributed by atoms with Gasteiger partial charge in [0, 0.05) is 18.9 Å². The molecule has 0 saturated heterocycles. The second kappa shape index (κ2) is 7.20. The number of pyridine rings is 1. The highest BCUT2D eigenvalue weighted by atomic mass is 19.4. The van der Waals surface area contributed by atoms with Crippen molar-refractivity contribution >= 4 is 0 Å². The third kappa shape index (κ3) is 4.21. The fraction of sp³-hybridized carbons (Fsp3) is 0.143. The molecule has 0 atom stereocenters. The van der Waals surface area contributed by atoms with E-state index in [1.807, 2.05) is 4.57 Å². The van der Waals surface area contributed by atoms with Crippen molar-refractivity contribution < 1.29 is 22.3 Å². The molecular formula is C21H15F4N3O. The molecule has 0 fully saturated rings. The number of aryl methyl sites for hydroxylation is 1. The highest BCUT2D eigenvalue weighted by Gasteiger charge is 2.30. The Balaban J connectivity index is 1.57. The maximum absolute atomic E-state index is 14.4. The third-order valence-corrected chi connectivity index (χ3v) is 4.38. The van der Waals surface area contributed by atoms with E-state index in [4.69, 9.17) is 0 Å². The molecule has 4 rings (SSSR count). The Labute approximate surface area is 163 Å². The molecule has 2 aliphatic rings. The van der Waals surface area contributed by atoms with Gasteiger partial charge in [0.15, 0.2) is 5.82 Å². The standard InChI is InChI=1S/C21H15F4N3O/c1-13-3-2-4-16(19(13)22)20-26-17-9-10-28(12-18(17)27-20)11-14-5-7-15(8-6-14)29-21(23,24)25/h2-10,12H,11H2,1H3. The molecule has 0 unspecified atom stereocenters. The van der Waals surface area contributed by atoms with Crippen LogP contribution in [0.25, 0.3) is 22.8 Å². The zero-order valence-electron chi connectivity index (χ0n) is 15.2. The summed E-state index contributed by atoms with van der Waals surface area (Å²) < 4.78 is 56.8. The van der Waals surface area contributed by atoms with Crippen molar-refractivity contribution in [1.29, 1.82) is 0 Å².